The Balaban J connectivity index is 3.79. The largest absolute Gasteiger partial charge is 0.756 e. The Bertz CT molecular complexity index is 1670. The standard InChI is InChI=1S/C92H184NO8P/c1-6-8-10-12-14-16-18-20-22-24-26-28-30-32-34-36-38-40-42-44-45-46-47-49-51-53-55-57-59-61-63-65-67-69-71-73-75-77-79-81-83-85-92(95)101-90(89-100-102(96,97)99-87-86-93(3,4)5)88-98-91(94)84-82-80-78-76-74-72-70-68-66-64-62-60-58-56-54-52-50-48-43-41-39-37-35-33-31-29-27-25-23-21-19-17-15-13-11-9-7-2/h90H,6-89H2,1-5H3. The summed E-state index contributed by atoms with van der Waals surface area (Å²) < 4.78 is 34.5. The van der Waals surface area contributed by atoms with E-state index in [1.165, 1.54) is 462 Å². The molecule has 0 heterocycles. The van der Waals surface area contributed by atoms with Gasteiger partial charge in [0.15, 0.2) is 6.10 Å². The molecule has 0 spiro atoms. The number of ether oxygens (including phenoxy) is 2. The van der Waals surface area contributed by atoms with Crippen LogP contribution in [0.2, 0.25) is 0 Å². The first kappa shape index (κ1) is 101. The number of unbranched alkanes of at least 4 members (excludes halogenated alkanes) is 76. The summed E-state index contributed by atoms with van der Waals surface area (Å²) in [6.07, 6.45) is 107. The van der Waals surface area contributed by atoms with E-state index in [-0.39, 0.29) is 32.0 Å². The van der Waals surface area contributed by atoms with Gasteiger partial charge in [0.05, 0.1) is 27.7 Å². The van der Waals surface area contributed by atoms with Gasteiger partial charge in [-0.3, -0.25) is 14.2 Å². The van der Waals surface area contributed by atoms with Gasteiger partial charge in [0.2, 0.25) is 0 Å². The Labute approximate surface area is 639 Å². The fourth-order valence-corrected chi connectivity index (χ4v) is 15.8. The third kappa shape index (κ3) is 87.9. The summed E-state index contributed by atoms with van der Waals surface area (Å²) in [6, 6.07) is 0. The molecular formula is C92H184NO8P. The van der Waals surface area contributed by atoms with Crippen molar-refractivity contribution in [2.45, 2.75) is 534 Å². The number of rotatable bonds is 90. The molecule has 2 atom stereocenters. The highest BCUT2D eigenvalue weighted by molar-refractivity contribution is 7.45. The molecular weight excluding hydrogens is 1280 g/mol. The summed E-state index contributed by atoms with van der Waals surface area (Å²) >= 11 is 0. The zero-order chi connectivity index (χ0) is 74.0. The van der Waals surface area contributed by atoms with Gasteiger partial charge in [-0.2, -0.15) is 0 Å². The van der Waals surface area contributed by atoms with Crippen LogP contribution in [0.5, 0.6) is 0 Å². The minimum Gasteiger partial charge on any atom is -0.756 e. The number of hydrogen-bond donors (Lipinski definition) is 0. The summed E-state index contributed by atoms with van der Waals surface area (Å²) in [6.45, 7) is 4.36. The lowest BCUT2D eigenvalue weighted by atomic mass is 10.0. The van der Waals surface area contributed by atoms with Crippen LogP contribution in [0.25, 0.3) is 0 Å². The average Bonchev–Trinajstić information content (AvgIpc) is 0.916. The topological polar surface area (TPSA) is 111 Å². The number of hydrogen-bond acceptors (Lipinski definition) is 8. The van der Waals surface area contributed by atoms with Crippen LogP contribution in [0, 0.1) is 0 Å². The van der Waals surface area contributed by atoms with Gasteiger partial charge in [-0.15, -0.1) is 0 Å². The minimum absolute atomic E-state index is 0.0245. The molecule has 0 saturated heterocycles. The highest BCUT2D eigenvalue weighted by Gasteiger charge is 2.22. The molecule has 0 N–H and O–H groups in total. The molecule has 0 rings (SSSR count). The molecule has 0 aromatic rings. The number of phosphoric ester groups is 1. The third-order valence-electron chi connectivity index (χ3n) is 22.1. The summed E-state index contributed by atoms with van der Waals surface area (Å²) in [5.41, 5.74) is 0. The van der Waals surface area contributed by atoms with Crippen LogP contribution < -0.4 is 4.89 Å². The first-order chi connectivity index (χ1) is 50.0. The van der Waals surface area contributed by atoms with E-state index in [9.17, 15) is 19.0 Å². The second-order valence-corrected chi connectivity index (χ2v) is 35.2. The molecule has 0 aliphatic heterocycles. The zero-order valence-electron chi connectivity index (χ0n) is 70.1. The molecule has 10 heteroatoms. The Hall–Kier alpha value is -0.990. The van der Waals surface area contributed by atoms with Crippen molar-refractivity contribution in [3.05, 3.63) is 0 Å². The van der Waals surface area contributed by atoms with Crippen molar-refractivity contribution >= 4 is 19.8 Å². The van der Waals surface area contributed by atoms with E-state index in [4.69, 9.17) is 18.5 Å². The molecule has 0 radical (unpaired) electrons. The van der Waals surface area contributed by atoms with Crippen LogP contribution in [-0.4, -0.2) is 70.0 Å². The van der Waals surface area contributed by atoms with Crippen LogP contribution >= 0.6 is 7.82 Å². The van der Waals surface area contributed by atoms with E-state index in [0.717, 1.165) is 32.1 Å². The van der Waals surface area contributed by atoms with Crippen molar-refractivity contribution in [1.29, 1.82) is 0 Å². The lowest BCUT2D eigenvalue weighted by Crippen LogP contribution is -2.37. The fraction of sp³-hybridized carbons (Fsp3) is 0.978. The average molecular weight is 1460 g/mol. The normalized spacial score (nSPS) is 12.8. The number of esters is 2. The van der Waals surface area contributed by atoms with E-state index in [2.05, 4.69) is 13.8 Å². The van der Waals surface area contributed by atoms with Gasteiger partial charge in [-0.05, 0) is 12.8 Å². The van der Waals surface area contributed by atoms with Crippen molar-refractivity contribution in [1.82, 2.24) is 0 Å². The summed E-state index contributed by atoms with van der Waals surface area (Å²) in [5, 5.41) is 0. The molecule has 0 aromatic heterocycles. The zero-order valence-corrected chi connectivity index (χ0v) is 71.0. The van der Waals surface area contributed by atoms with Crippen molar-refractivity contribution in [3.8, 4) is 0 Å². The lowest BCUT2D eigenvalue weighted by Gasteiger charge is -2.28. The summed E-state index contributed by atoms with van der Waals surface area (Å²) in [5.74, 6) is -0.797. The summed E-state index contributed by atoms with van der Waals surface area (Å²) in [7, 11) is 1.20. The Kier molecular flexibility index (Phi) is 83.2. The van der Waals surface area contributed by atoms with E-state index < -0.39 is 26.5 Å². The molecule has 0 fully saturated rings. The molecule has 2 unspecified atom stereocenters. The first-order valence-corrected chi connectivity index (χ1v) is 48.2. The van der Waals surface area contributed by atoms with Crippen molar-refractivity contribution < 1.29 is 42.1 Å². The number of carbonyl (C=O) groups is 2. The minimum atomic E-state index is -4.64. The Morgan fingerprint density at radius 1 is 0.265 bits per heavy atom. The molecule has 9 nitrogen and oxygen atoms in total. The quantitative estimate of drug-likeness (QED) is 0.0256. The maximum Gasteiger partial charge on any atom is 0.306 e. The molecule has 0 bridgehead atoms. The molecule has 102 heavy (non-hydrogen) atoms. The van der Waals surface area contributed by atoms with Crippen LogP contribution in [0.4, 0.5) is 0 Å². The predicted octanol–water partition coefficient (Wildman–Crippen LogP) is 30.9. The number of likely N-dealkylation sites (N-methyl/N-ethyl adjacent to an activating group) is 1. The molecule has 0 saturated carbocycles. The maximum absolute atomic E-state index is 12.9. The molecule has 0 amide bonds. The third-order valence-corrected chi connectivity index (χ3v) is 23.1. The van der Waals surface area contributed by atoms with E-state index in [1.54, 1.807) is 0 Å². The smallest absolute Gasteiger partial charge is 0.306 e. The van der Waals surface area contributed by atoms with Gasteiger partial charge in [-0.1, -0.05) is 502 Å². The summed E-state index contributed by atoms with van der Waals surface area (Å²) in [4.78, 5) is 38.3. The van der Waals surface area contributed by atoms with Gasteiger partial charge in [0.1, 0.15) is 19.8 Å². The highest BCUT2D eigenvalue weighted by Crippen LogP contribution is 2.38. The SMILES string of the molecule is CCCCCCCCCCCCCCCCCCCCCCCCCCCCCCCCCCCCCCCCCCCC(=O)OC(COC(=O)CCCCCCCCCCCCCCCCCCCCCCCCCCCCCCCCCCCCCCC)COP(=O)([O-])OCC[N+](C)(C)C. The molecule has 610 valence electrons. The fourth-order valence-electron chi connectivity index (χ4n) is 15.0. The second kappa shape index (κ2) is 84.0. The van der Waals surface area contributed by atoms with E-state index >= 15 is 0 Å². The van der Waals surface area contributed by atoms with Crippen molar-refractivity contribution in [3.63, 3.8) is 0 Å². The monoisotopic (exact) mass is 1460 g/mol. The lowest BCUT2D eigenvalue weighted by molar-refractivity contribution is -0.870. The van der Waals surface area contributed by atoms with Crippen LogP contribution in [0.3, 0.4) is 0 Å². The molecule has 0 aromatic carbocycles. The van der Waals surface area contributed by atoms with Crippen molar-refractivity contribution in [2.75, 3.05) is 47.5 Å². The Morgan fingerprint density at radius 2 is 0.441 bits per heavy atom. The van der Waals surface area contributed by atoms with Crippen LogP contribution in [-0.2, 0) is 32.7 Å². The van der Waals surface area contributed by atoms with Gasteiger partial charge in [0.25, 0.3) is 7.82 Å². The Morgan fingerprint density at radius 3 is 0.627 bits per heavy atom. The molecule has 0 aliphatic carbocycles. The first-order valence-electron chi connectivity index (χ1n) is 46.7. The number of phosphoric acid groups is 1. The van der Waals surface area contributed by atoms with E-state index in [0.29, 0.717) is 17.4 Å². The predicted molar refractivity (Wildman–Crippen MR) is 444 cm³/mol. The second-order valence-electron chi connectivity index (χ2n) is 33.8. The van der Waals surface area contributed by atoms with Crippen LogP contribution in [0.15, 0.2) is 0 Å². The number of carbonyl (C=O) groups excluding carboxylic acids is 2. The van der Waals surface area contributed by atoms with Gasteiger partial charge in [0, 0.05) is 12.8 Å². The molecule has 0 aliphatic rings. The van der Waals surface area contributed by atoms with Gasteiger partial charge >= 0.3 is 11.9 Å². The van der Waals surface area contributed by atoms with E-state index in [1.807, 2.05) is 21.1 Å². The van der Waals surface area contributed by atoms with Gasteiger partial charge in [-0.25, -0.2) is 0 Å². The van der Waals surface area contributed by atoms with Gasteiger partial charge < -0.3 is 27.9 Å². The maximum atomic E-state index is 12.9. The number of nitrogens with zero attached hydrogens (tertiary/aromatic N) is 1. The van der Waals surface area contributed by atoms with Crippen LogP contribution in [0.1, 0.15) is 528 Å². The van der Waals surface area contributed by atoms with Crippen molar-refractivity contribution in [2.24, 2.45) is 0 Å². The number of quaternary nitrogens is 1. The highest BCUT2D eigenvalue weighted by atomic mass is 31.2.